The normalized spacial score (nSPS) is 49.5. The van der Waals surface area contributed by atoms with Gasteiger partial charge in [-0.25, -0.2) is 4.98 Å². The predicted molar refractivity (Wildman–Crippen MR) is 144 cm³/mol. The summed E-state index contributed by atoms with van der Waals surface area (Å²) in [6, 6.07) is 0. The van der Waals surface area contributed by atoms with Gasteiger partial charge in [0.2, 0.25) is 5.89 Å². The fourth-order valence-corrected chi connectivity index (χ4v) is 11.9. The van der Waals surface area contributed by atoms with E-state index in [0.717, 1.165) is 24.5 Å². The maximum absolute atomic E-state index is 13.0. The largest absolute Gasteiger partial charge is 0.445 e. The second kappa shape index (κ2) is 7.60. The molecule has 0 aliphatic heterocycles. The molecule has 1 heterocycles. The molecular formula is C33H49NO2. The highest BCUT2D eigenvalue weighted by atomic mass is 16.4. The van der Waals surface area contributed by atoms with Crippen LogP contribution in [0.1, 0.15) is 117 Å². The summed E-state index contributed by atoms with van der Waals surface area (Å²) in [5, 5.41) is 0. The first-order valence-corrected chi connectivity index (χ1v) is 14.9. The van der Waals surface area contributed by atoms with Crippen molar-refractivity contribution >= 4 is 5.78 Å². The molecule has 6 rings (SSSR count). The highest BCUT2D eigenvalue weighted by molar-refractivity contribution is 5.85. The number of aryl methyl sites for hydroxylation is 1. The van der Waals surface area contributed by atoms with E-state index in [-0.39, 0.29) is 16.2 Å². The zero-order chi connectivity index (χ0) is 25.9. The van der Waals surface area contributed by atoms with Crippen LogP contribution in [0.5, 0.6) is 0 Å². The SMILES string of the molecule is C=C(C)[C@@H]1CC[C@]2(c3ncc(C)o3)CC[C@]3(C)[C@H](CC[C@@H]4[C@@]5(C)CCC(=O)C(C)(C)[C@@H]5CC[C@]43C)[C@@H]12. The lowest BCUT2D eigenvalue weighted by molar-refractivity contribution is -0.228. The van der Waals surface area contributed by atoms with E-state index >= 15 is 0 Å². The first kappa shape index (κ1) is 24.9. The minimum absolute atomic E-state index is 0.0750. The molecule has 36 heavy (non-hydrogen) atoms. The smallest absolute Gasteiger partial charge is 0.200 e. The van der Waals surface area contributed by atoms with Gasteiger partial charge in [0, 0.05) is 11.8 Å². The van der Waals surface area contributed by atoms with Crippen LogP contribution < -0.4 is 0 Å². The van der Waals surface area contributed by atoms with E-state index in [0.29, 0.717) is 46.2 Å². The maximum atomic E-state index is 13.0. The Morgan fingerprint density at radius 3 is 2.36 bits per heavy atom. The number of Topliss-reactive ketones (excluding diaryl/α,β-unsaturated/α-hetero) is 1. The molecule has 3 heteroatoms. The Kier molecular flexibility index (Phi) is 5.26. The summed E-state index contributed by atoms with van der Waals surface area (Å²) in [6.45, 7) is 21.3. The molecule has 5 aliphatic rings. The summed E-state index contributed by atoms with van der Waals surface area (Å²) >= 11 is 0. The van der Waals surface area contributed by atoms with Crippen molar-refractivity contribution in [2.75, 3.05) is 0 Å². The number of hydrogen-bond donors (Lipinski definition) is 0. The van der Waals surface area contributed by atoms with E-state index in [2.05, 4.69) is 48.1 Å². The standard InChI is InChI=1S/C33H49NO2/c1-20(2)22-11-16-33(28-34-19-21(3)36-28)18-17-31(7)23(27(22)33)9-10-25-30(6)14-13-26(35)29(4,5)24(30)12-15-32(25,31)8/h19,22-25,27H,1,9-18H2,2-8H3/t22-,23+,24-,25+,27+,30-,31+,32+,33-/m0/s1. The molecule has 1 aromatic heterocycles. The van der Waals surface area contributed by atoms with Crippen LogP contribution in [-0.2, 0) is 10.2 Å². The van der Waals surface area contributed by atoms with Crippen LogP contribution in [0.25, 0.3) is 0 Å². The molecule has 0 N–H and O–H groups in total. The molecule has 0 bridgehead atoms. The van der Waals surface area contributed by atoms with E-state index in [9.17, 15) is 4.79 Å². The molecule has 0 spiro atoms. The van der Waals surface area contributed by atoms with Gasteiger partial charge in [-0.05, 0) is 117 Å². The van der Waals surface area contributed by atoms with Gasteiger partial charge in [0.05, 0.1) is 11.6 Å². The van der Waals surface area contributed by atoms with Gasteiger partial charge in [-0.1, -0.05) is 46.8 Å². The Bertz CT molecular complexity index is 1100. The predicted octanol–water partition coefficient (Wildman–Crippen LogP) is 8.46. The fourth-order valence-electron chi connectivity index (χ4n) is 11.9. The topological polar surface area (TPSA) is 43.1 Å². The Morgan fingerprint density at radius 2 is 1.69 bits per heavy atom. The van der Waals surface area contributed by atoms with Crippen molar-refractivity contribution in [1.82, 2.24) is 4.98 Å². The summed E-state index contributed by atoms with van der Waals surface area (Å²) in [5.41, 5.74) is 2.17. The quantitative estimate of drug-likeness (QED) is 0.390. The van der Waals surface area contributed by atoms with Gasteiger partial charge in [-0.3, -0.25) is 4.79 Å². The van der Waals surface area contributed by atoms with Crippen LogP contribution in [0.2, 0.25) is 0 Å². The highest BCUT2D eigenvalue weighted by Crippen LogP contribution is 2.77. The number of hydrogen-bond acceptors (Lipinski definition) is 3. The Balaban J connectivity index is 1.43. The van der Waals surface area contributed by atoms with Crippen LogP contribution in [0.3, 0.4) is 0 Å². The van der Waals surface area contributed by atoms with Gasteiger partial charge in [-0.15, -0.1) is 0 Å². The molecule has 5 fully saturated rings. The summed E-state index contributed by atoms with van der Waals surface area (Å²) in [7, 11) is 0. The lowest BCUT2D eigenvalue weighted by Crippen LogP contribution is -2.66. The fraction of sp³-hybridized carbons (Fsp3) is 0.818. The van der Waals surface area contributed by atoms with E-state index in [1.807, 2.05) is 13.1 Å². The third kappa shape index (κ3) is 2.87. The maximum Gasteiger partial charge on any atom is 0.200 e. The van der Waals surface area contributed by atoms with Gasteiger partial charge in [0.1, 0.15) is 11.5 Å². The van der Waals surface area contributed by atoms with Gasteiger partial charge in [0.25, 0.3) is 0 Å². The average molecular weight is 492 g/mol. The van der Waals surface area contributed by atoms with E-state index in [4.69, 9.17) is 9.40 Å². The molecule has 5 aliphatic carbocycles. The minimum Gasteiger partial charge on any atom is -0.445 e. The molecule has 3 nitrogen and oxygen atoms in total. The van der Waals surface area contributed by atoms with Crippen molar-refractivity contribution in [3.63, 3.8) is 0 Å². The van der Waals surface area contributed by atoms with Crippen LogP contribution in [0.4, 0.5) is 0 Å². The molecule has 0 saturated heterocycles. The van der Waals surface area contributed by atoms with Crippen molar-refractivity contribution in [2.45, 2.75) is 118 Å². The van der Waals surface area contributed by atoms with Gasteiger partial charge < -0.3 is 4.42 Å². The van der Waals surface area contributed by atoms with Gasteiger partial charge in [-0.2, -0.15) is 0 Å². The number of oxazole rings is 1. The average Bonchev–Trinajstić information content (AvgIpc) is 3.42. The zero-order valence-electron chi connectivity index (χ0n) is 24.0. The van der Waals surface area contributed by atoms with E-state index < -0.39 is 0 Å². The molecule has 0 unspecified atom stereocenters. The molecular weight excluding hydrogens is 442 g/mol. The molecule has 0 aromatic carbocycles. The van der Waals surface area contributed by atoms with E-state index in [1.165, 1.54) is 56.9 Å². The van der Waals surface area contributed by atoms with Crippen molar-refractivity contribution < 1.29 is 9.21 Å². The highest BCUT2D eigenvalue weighted by Gasteiger charge is 2.71. The zero-order valence-corrected chi connectivity index (χ0v) is 24.0. The number of aromatic nitrogens is 1. The second-order valence-electron chi connectivity index (χ2n) is 15.3. The van der Waals surface area contributed by atoms with Crippen LogP contribution >= 0.6 is 0 Å². The lowest BCUT2D eigenvalue weighted by Gasteiger charge is -2.72. The number of ketones is 1. The number of carbonyl (C=O) groups is 1. The van der Waals surface area contributed by atoms with Crippen molar-refractivity contribution in [3.05, 3.63) is 30.0 Å². The van der Waals surface area contributed by atoms with E-state index in [1.54, 1.807) is 0 Å². The third-order valence-electron chi connectivity index (χ3n) is 13.9. The Hall–Kier alpha value is -1.38. The third-order valence-corrected chi connectivity index (χ3v) is 13.9. The minimum atomic E-state index is -0.173. The molecule has 1 aromatic rings. The Morgan fingerprint density at radius 1 is 0.944 bits per heavy atom. The van der Waals surface area contributed by atoms with Crippen LogP contribution in [-0.4, -0.2) is 10.8 Å². The number of nitrogens with zero attached hydrogens (tertiary/aromatic N) is 1. The molecule has 5 saturated carbocycles. The summed E-state index contributed by atoms with van der Waals surface area (Å²) in [5.74, 6) is 5.54. The van der Waals surface area contributed by atoms with Crippen molar-refractivity contribution in [1.29, 1.82) is 0 Å². The molecule has 9 atom stereocenters. The van der Waals surface area contributed by atoms with Gasteiger partial charge >= 0.3 is 0 Å². The number of carbonyl (C=O) groups excluding carboxylic acids is 1. The number of rotatable bonds is 2. The summed E-state index contributed by atoms with van der Waals surface area (Å²) in [4.78, 5) is 17.9. The van der Waals surface area contributed by atoms with Crippen molar-refractivity contribution in [3.8, 4) is 0 Å². The second-order valence-corrected chi connectivity index (χ2v) is 15.3. The molecule has 0 amide bonds. The number of allylic oxidation sites excluding steroid dienone is 1. The summed E-state index contributed by atoms with van der Waals surface area (Å²) < 4.78 is 6.35. The van der Waals surface area contributed by atoms with Crippen LogP contribution in [0.15, 0.2) is 22.8 Å². The van der Waals surface area contributed by atoms with Crippen LogP contribution in [0, 0.1) is 58.2 Å². The van der Waals surface area contributed by atoms with Gasteiger partial charge in [0.15, 0.2) is 0 Å². The summed E-state index contributed by atoms with van der Waals surface area (Å²) in [6.07, 6.45) is 13.8. The first-order chi connectivity index (χ1) is 16.8. The molecule has 0 radical (unpaired) electrons. The number of fused-ring (bicyclic) bond motifs is 7. The van der Waals surface area contributed by atoms with Crippen molar-refractivity contribution in [2.24, 2.45) is 51.2 Å². The lowest BCUT2D eigenvalue weighted by atomic mass is 9.32. The Labute approximate surface area is 219 Å². The monoisotopic (exact) mass is 491 g/mol. The molecule has 198 valence electrons. The first-order valence-electron chi connectivity index (χ1n) is 14.9.